The summed E-state index contributed by atoms with van der Waals surface area (Å²) in [6, 6.07) is 9.38. The van der Waals surface area contributed by atoms with Crippen LogP contribution in [0.1, 0.15) is 111 Å². The van der Waals surface area contributed by atoms with E-state index >= 15 is 0 Å². The summed E-state index contributed by atoms with van der Waals surface area (Å²) in [4.78, 5) is 43.3. The molecule has 19 nitrogen and oxygen atoms in total. The summed E-state index contributed by atoms with van der Waals surface area (Å²) in [6.45, 7) is 0.843. The number of rotatable bonds is 20. The van der Waals surface area contributed by atoms with Crippen LogP contribution in [0.25, 0.3) is 0 Å². The second kappa shape index (κ2) is 31.5. The zero-order chi connectivity index (χ0) is 71.5. The number of fused-ring (bicyclic) bond motifs is 5. The van der Waals surface area contributed by atoms with Gasteiger partial charge in [0.25, 0.3) is 16.1 Å². The number of nitrogens with two attached hydrogens (primary N) is 3. The lowest BCUT2D eigenvalue weighted by atomic mass is 9.82. The fraction of sp³-hybridized carbons (Fsp3) is 0.585. The van der Waals surface area contributed by atoms with Crippen molar-refractivity contribution in [2.75, 3.05) is 58.3 Å². The molecule has 9 atom stereocenters. The normalized spacial score (nSPS) is 23.7. The third kappa shape index (κ3) is 18.6. The molecule has 7 heterocycles. The number of nitrogens with zero attached hydrogens (tertiary/aromatic N) is 6. The number of halogens is 11. The van der Waals surface area contributed by atoms with Crippen LogP contribution in [0.15, 0.2) is 60.7 Å². The van der Waals surface area contributed by atoms with Crippen molar-refractivity contribution >= 4 is 48.0 Å². The lowest BCUT2D eigenvalue weighted by Crippen LogP contribution is -2.53. The number of hydrogen-bond donors (Lipinski definition) is 4. The van der Waals surface area contributed by atoms with Crippen LogP contribution in [0.2, 0.25) is 0 Å². The molecule has 4 aromatic rings. The lowest BCUT2D eigenvalue weighted by Gasteiger charge is -2.41. The molecule has 0 saturated carbocycles. The summed E-state index contributed by atoms with van der Waals surface area (Å²) in [5.41, 5.74) is 20.7. The van der Waals surface area contributed by atoms with Gasteiger partial charge in [0.15, 0.2) is 34.9 Å². The van der Waals surface area contributed by atoms with E-state index in [1.54, 1.807) is 14.7 Å². The Morgan fingerprint density at radius 2 is 0.847 bits per heavy atom. The largest absolute Gasteiger partial charge is 0.343 e. The number of nitrogens with one attached hydrogen (secondary N) is 1. The van der Waals surface area contributed by atoms with E-state index in [0.29, 0.717) is 82.7 Å². The smallest absolute Gasteiger partial charge is 0.278 e. The van der Waals surface area contributed by atoms with Crippen LogP contribution < -0.4 is 21.9 Å². The van der Waals surface area contributed by atoms with Crippen LogP contribution in [0, 0.1) is 70.1 Å². The summed E-state index contributed by atoms with van der Waals surface area (Å²) in [6.07, 6.45) is 5.26. The number of benzene rings is 4. The van der Waals surface area contributed by atoms with Crippen molar-refractivity contribution < 1.29 is 87.9 Å². The molecule has 4 aromatic carbocycles. The van der Waals surface area contributed by atoms with Gasteiger partial charge in [-0.2, -0.15) is 17.0 Å². The minimum Gasteiger partial charge on any atom is -0.343 e. The minimum atomic E-state index is -4.01. The van der Waals surface area contributed by atoms with E-state index in [4.69, 9.17) is 17.2 Å². The summed E-state index contributed by atoms with van der Waals surface area (Å²) in [7, 11) is -8.56. The first-order chi connectivity index (χ1) is 46.0. The van der Waals surface area contributed by atoms with Gasteiger partial charge in [-0.15, -0.1) is 0 Å². The quantitative estimate of drug-likeness (QED) is 0.0521. The van der Waals surface area contributed by atoms with Gasteiger partial charge in [0.05, 0.1) is 0 Å². The molecule has 542 valence electrons. The van der Waals surface area contributed by atoms with E-state index in [2.05, 4.69) is 4.72 Å². The Hall–Kier alpha value is -5.91. The average molecular weight is 1450 g/mol. The van der Waals surface area contributed by atoms with Crippen LogP contribution in [-0.4, -0.2) is 177 Å². The highest BCUT2D eigenvalue weighted by Crippen LogP contribution is 2.43. The monoisotopic (exact) mass is 1450 g/mol. The van der Waals surface area contributed by atoms with Crippen LogP contribution in [0.4, 0.5) is 48.3 Å². The van der Waals surface area contributed by atoms with Gasteiger partial charge < -0.3 is 31.9 Å². The molecule has 7 aliphatic rings. The number of hydrogen-bond acceptors (Lipinski definition) is 12. The van der Waals surface area contributed by atoms with E-state index in [9.17, 15) is 87.9 Å². The van der Waals surface area contributed by atoms with Crippen LogP contribution in [0.5, 0.6) is 0 Å². The summed E-state index contributed by atoms with van der Waals surface area (Å²) < 4.78 is 229. The van der Waals surface area contributed by atoms with Crippen molar-refractivity contribution in [3.63, 3.8) is 0 Å². The van der Waals surface area contributed by atoms with Crippen LogP contribution in [-0.2, 0) is 77.0 Å². The first-order valence-electron chi connectivity index (χ1n) is 32.6. The van der Waals surface area contributed by atoms with Gasteiger partial charge in [-0.3, -0.25) is 14.4 Å². The third-order valence-corrected chi connectivity index (χ3v) is 25.2. The second-order valence-corrected chi connectivity index (χ2v) is 32.9. The Labute approximate surface area is 563 Å². The average Bonchev–Trinajstić information content (AvgIpc) is 1.60. The fourth-order valence-corrected chi connectivity index (χ4v) is 18.1. The van der Waals surface area contributed by atoms with Gasteiger partial charge in [0.2, 0.25) is 37.8 Å². The summed E-state index contributed by atoms with van der Waals surface area (Å²) in [5.74, 6) is -15.1. The van der Waals surface area contributed by atoms with Crippen LogP contribution >= 0.6 is 0 Å². The number of alkyl halides is 2. The van der Waals surface area contributed by atoms with E-state index in [1.165, 1.54) is 18.4 Å². The molecule has 0 aliphatic carbocycles. The first-order valence-corrected chi connectivity index (χ1v) is 37.3. The van der Waals surface area contributed by atoms with Gasteiger partial charge in [-0.1, -0.05) is 24.3 Å². The Balaban J connectivity index is 0.000000173. The van der Waals surface area contributed by atoms with Crippen molar-refractivity contribution in [2.45, 2.75) is 164 Å². The van der Waals surface area contributed by atoms with E-state index in [1.807, 2.05) is 24.3 Å². The maximum atomic E-state index is 14.1. The molecule has 33 heteroatoms. The van der Waals surface area contributed by atoms with Crippen molar-refractivity contribution in [3.05, 3.63) is 141 Å². The number of sulfonamides is 2. The van der Waals surface area contributed by atoms with Crippen molar-refractivity contribution in [1.29, 1.82) is 0 Å². The summed E-state index contributed by atoms with van der Waals surface area (Å²) >= 11 is 0. The Bertz CT molecular complexity index is 3860. The van der Waals surface area contributed by atoms with Crippen LogP contribution in [0.3, 0.4) is 0 Å². The molecule has 7 aliphatic heterocycles. The molecule has 4 bridgehead atoms. The van der Waals surface area contributed by atoms with Crippen molar-refractivity contribution in [2.24, 2.45) is 35.0 Å². The minimum absolute atomic E-state index is 0.00813. The number of carbonyl (C=O) groups is 3. The maximum absolute atomic E-state index is 14.1. The molecular formula is C65H83F11N10O9S3. The summed E-state index contributed by atoms with van der Waals surface area (Å²) in [5, 5.41) is 0. The van der Waals surface area contributed by atoms with Gasteiger partial charge >= 0.3 is 0 Å². The lowest BCUT2D eigenvalue weighted by molar-refractivity contribution is -0.134. The molecule has 0 spiro atoms. The highest BCUT2D eigenvalue weighted by molar-refractivity contribution is 7.90. The molecule has 2 unspecified atom stereocenters. The predicted octanol–water partition coefficient (Wildman–Crippen LogP) is 6.89. The standard InChI is InChI=1S/C25H28F3N3O3S.C22H28F5N3O3S.C18H27F3N4O3S/c26-21-11-23(28)22(27)9-17(21)10-24(29)18-7-19-5-6-20(8-18)31(19)25(32)14-35(33,34)30-12-15-3-1-2-4-16(15)13-30;23-17-11-19(25)18(24)9-13(17)10-20(28)14-7-15-1-2-16(8-14)30(15)21(31)12-34(32,33)29-5-3-22(26,27)4-6-29;1-24(2)29(27,28)23-6-3-18(26)25-7-4-12(5-8-25)17(22)10-13-9-15(20)16(21)11-14(13)19/h1-4,9,11,18-20,24H,5-8,10,12-14,29H2;9,11,14-16,20H,1-8,10,12,28H2;9,11-12,17,23H,3-8,10,22H2,1-2H3/t18?,19-,20+,24-;14?,15-,16+,20-;17-/m111/s1. The predicted molar refractivity (Wildman–Crippen MR) is 340 cm³/mol. The van der Waals surface area contributed by atoms with Gasteiger partial charge in [0.1, 0.15) is 29.0 Å². The van der Waals surface area contributed by atoms with E-state index in [0.717, 1.165) is 50.8 Å². The molecule has 11 rings (SSSR count). The highest BCUT2D eigenvalue weighted by Gasteiger charge is 2.48. The van der Waals surface area contributed by atoms with Crippen molar-refractivity contribution in [3.8, 4) is 0 Å². The highest BCUT2D eigenvalue weighted by atomic mass is 32.2. The number of piperidine rings is 4. The first kappa shape index (κ1) is 76.3. The number of carbonyl (C=O) groups excluding carboxylic acids is 3. The molecule has 7 N–H and O–H groups in total. The molecule has 98 heavy (non-hydrogen) atoms. The molecule has 3 amide bonds. The molecule has 6 fully saturated rings. The van der Waals surface area contributed by atoms with Gasteiger partial charge in [0, 0.05) is 140 Å². The third-order valence-electron chi connectivity index (χ3n) is 20.2. The molecule has 0 radical (unpaired) electrons. The van der Waals surface area contributed by atoms with Crippen molar-refractivity contribution in [1.82, 2.24) is 32.3 Å². The number of likely N-dealkylation sites (tertiary alicyclic amines) is 1. The fourth-order valence-electron chi connectivity index (χ4n) is 14.8. The molecular weight excluding hydrogens is 1370 g/mol. The molecule has 0 aromatic heterocycles. The zero-order valence-electron chi connectivity index (χ0n) is 54.2. The van der Waals surface area contributed by atoms with Gasteiger partial charge in [-0.25, -0.2) is 74.2 Å². The maximum Gasteiger partial charge on any atom is 0.278 e. The van der Waals surface area contributed by atoms with Gasteiger partial charge in [-0.05, 0) is 147 Å². The SMILES string of the molecule is CN(C)S(=O)(=O)NCCC(=O)N1CCC([C@H](N)Cc2cc(F)c(F)cc2F)CC1.N[C@H](Cc1cc(F)c(F)cc1F)C1C[C@H]2CC[C@@H](C1)N2C(=O)CS(=O)(=O)N1CCC(F)(F)CC1.N[C@H](Cc1cc(F)c(F)cc1F)C1C[C@H]2CC[C@@H](C1)N2C(=O)CS(=O)(=O)N1Cc2ccccc2C1. The topological polar surface area (TPSA) is 263 Å². The zero-order valence-corrected chi connectivity index (χ0v) is 56.6. The Kier molecular flexibility index (Phi) is 24.6. The Morgan fingerprint density at radius 1 is 0.500 bits per heavy atom. The Morgan fingerprint density at radius 3 is 1.21 bits per heavy atom. The number of amides is 3. The molecule has 6 saturated heterocycles. The second-order valence-electron chi connectivity index (χ2n) is 27.0. The van der Waals surface area contributed by atoms with E-state index in [-0.39, 0.29) is 123 Å². The van der Waals surface area contributed by atoms with E-state index < -0.39 is 143 Å².